The maximum absolute atomic E-state index is 12.2. The molecule has 1 fully saturated rings. The molecule has 1 aromatic carbocycles. The van der Waals surface area contributed by atoms with Gasteiger partial charge < -0.3 is 16.2 Å². The van der Waals surface area contributed by atoms with Gasteiger partial charge >= 0.3 is 0 Å². The molecule has 0 aromatic heterocycles. The predicted molar refractivity (Wildman–Crippen MR) is 75.5 cm³/mol. The van der Waals surface area contributed by atoms with Crippen molar-refractivity contribution in [2.75, 3.05) is 5.73 Å². The lowest BCUT2D eigenvalue weighted by Crippen LogP contribution is -2.35. The van der Waals surface area contributed by atoms with Crippen molar-refractivity contribution in [3.8, 4) is 5.75 Å². The molecule has 2 rings (SSSR count). The summed E-state index contributed by atoms with van der Waals surface area (Å²) in [4.78, 5) is 12.2. The summed E-state index contributed by atoms with van der Waals surface area (Å²) in [5, 5.41) is 12.6. The average Bonchev–Trinajstić information content (AvgIpc) is 2.70. The topological polar surface area (TPSA) is 75.4 Å². The number of carbonyl (C=O) groups excluding carboxylic acids is 1. The summed E-state index contributed by atoms with van der Waals surface area (Å²) in [5.74, 6) is 0.306. The van der Waals surface area contributed by atoms with Gasteiger partial charge in [-0.3, -0.25) is 4.79 Å². The third kappa shape index (κ3) is 3.00. The number of benzene rings is 1. The summed E-state index contributed by atoms with van der Waals surface area (Å²) >= 11 is 0. The van der Waals surface area contributed by atoms with Crippen LogP contribution in [0.15, 0.2) is 18.2 Å². The molecule has 0 spiro atoms. The second kappa shape index (κ2) is 5.11. The minimum Gasteiger partial charge on any atom is -0.508 e. The number of nitrogen functional groups attached to an aromatic ring is 1. The molecule has 4 heteroatoms. The first-order chi connectivity index (χ1) is 8.90. The Morgan fingerprint density at radius 1 is 1.53 bits per heavy atom. The van der Waals surface area contributed by atoms with Gasteiger partial charge in [-0.25, -0.2) is 0 Å². The van der Waals surface area contributed by atoms with Crippen LogP contribution in [0.4, 0.5) is 5.69 Å². The molecule has 0 saturated heterocycles. The Labute approximate surface area is 114 Å². The van der Waals surface area contributed by atoms with E-state index in [1.54, 1.807) is 18.2 Å². The Bertz CT molecular complexity index is 483. The monoisotopic (exact) mass is 262 g/mol. The second-order valence-corrected chi connectivity index (χ2v) is 6.04. The van der Waals surface area contributed by atoms with Crippen molar-refractivity contribution in [2.24, 2.45) is 11.3 Å². The number of hydrogen-bond donors (Lipinski definition) is 3. The SMILES string of the molecule is CC1(C)CCCC1C(=O)NCc1cc(N)ccc1O. The zero-order chi connectivity index (χ0) is 14.0. The highest BCUT2D eigenvalue weighted by Gasteiger charge is 2.39. The van der Waals surface area contributed by atoms with Crippen LogP contribution in [0.2, 0.25) is 0 Å². The van der Waals surface area contributed by atoms with Crippen LogP contribution < -0.4 is 11.1 Å². The average molecular weight is 262 g/mol. The molecule has 1 aliphatic carbocycles. The van der Waals surface area contributed by atoms with Crippen molar-refractivity contribution in [1.82, 2.24) is 5.32 Å². The molecule has 1 unspecified atom stereocenters. The van der Waals surface area contributed by atoms with Crippen molar-refractivity contribution < 1.29 is 9.90 Å². The number of carbonyl (C=O) groups is 1. The number of phenolic OH excluding ortho intramolecular Hbond substituents is 1. The van der Waals surface area contributed by atoms with Gasteiger partial charge in [-0.1, -0.05) is 20.3 Å². The lowest BCUT2D eigenvalue weighted by Gasteiger charge is -2.25. The zero-order valence-electron chi connectivity index (χ0n) is 11.6. The molecule has 104 valence electrons. The maximum Gasteiger partial charge on any atom is 0.223 e. The molecule has 1 amide bonds. The number of hydrogen-bond acceptors (Lipinski definition) is 3. The fourth-order valence-electron chi connectivity index (χ4n) is 2.87. The quantitative estimate of drug-likeness (QED) is 0.578. The molecule has 4 nitrogen and oxygen atoms in total. The molecule has 1 atom stereocenters. The summed E-state index contributed by atoms with van der Waals surface area (Å²) in [6.07, 6.45) is 3.14. The largest absolute Gasteiger partial charge is 0.508 e. The third-order valence-corrected chi connectivity index (χ3v) is 4.13. The Hall–Kier alpha value is -1.71. The molecule has 1 aliphatic rings. The van der Waals surface area contributed by atoms with Crippen molar-refractivity contribution in [3.63, 3.8) is 0 Å². The summed E-state index contributed by atoms with van der Waals surface area (Å²) in [6.45, 7) is 4.60. The van der Waals surface area contributed by atoms with Crippen LogP contribution in [0, 0.1) is 11.3 Å². The summed E-state index contributed by atoms with van der Waals surface area (Å²) in [6, 6.07) is 4.88. The van der Waals surface area contributed by atoms with Gasteiger partial charge in [0, 0.05) is 23.7 Å². The number of amides is 1. The van der Waals surface area contributed by atoms with Gasteiger partial charge in [-0.2, -0.15) is 0 Å². The van der Waals surface area contributed by atoms with Crippen LogP contribution in [0.5, 0.6) is 5.75 Å². The zero-order valence-corrected chi connectivity index (χ0v) is 11.6. The summed E-state index contributed by atoms with van der Waals surface area (Å²) in [7, 11) is 0. The van der Waals surface area contributed by atoms with Crippen molar-refractivity contribution >= 4 is 11.6 Å². The van der Waals surface area contributed by atoms with Crippen LogP contribution >= 0.6 is 0 Å². The molecule has 1 aromatic rings. The smallest absolute Gasteiger partial charge is 0.223 e. The molecule has 0 aliphatic heterocycles. The van der Waals surface area contributed by atoms with Crippen LogP contribution in [0.25, 0.3) is 0 Å². The van der Waals surface area contributed by atoms with Gasteiger partial charge in [0.15, 0.2) is 0 Å². The highest BCUT2D eigenvalue weighted by molar-refractivity contribution is 5.79. The van der Waals surface area contributed by atoms with Gasteiger partial charge in [-0.05, 0) is 36.5 Å². The molecular weight excluding hydrogens is 240 g/mol. The van der Waals surface area contributed by atoms with E-state index in [0.29, 0.717) is 17.8 Å². The predicted octanol–water partition coefficient (Wildman–Crippen LogP) is 2.42. The van der Waals surface area contributed by atoms with Crippen LogP contribution in [0.1, 0.15) is 38.7 Å². The number of nitrogens with one attached hydrogen (secondary N) is 1. The summed E-state index contributed by atoms with van der Waals surface area (Å²) in [5.41, 5.74) is 6.99. The first kappa shape index (κ1) is 13.7. The minimum absolute atomic E-state index is 0.0655. The molecule has 0 radical (unpaired) electrons. The Balaban J connectivity index is 1.99. The van der Waals surface area contributed by atoms with E-state index in [1.807, 2.05) is 0 Å². The van der Waals surface area contributed by atoms with Crippen molar-refractivity contribution in [3.05, 3.63) is 23.8 Å². The summed E-state index contributed by atoms with van der Waals surface area (Å²) < 4.78 is 0. The highest BCUT2D eigenvalue weighted by atomic mass is 16.3. The van der Waals surface area contributed by atoms with E-state index in [-0.39, 0.29) is 23.0 Å². The Morgan fingerprint density at radius 3 is 2.89 bits per heavy atom. The maximum atomic E-state index is 12.2. The van der Waals surface area contributed by atoms with Crippen LogP contribution in [0.3, 0.4) is 0 Å². The fraction of sp³-hybridized carbons (Fsp3) is 0.533. The van der Waals surface area contributed by atoms with E-state index in [2.05, 4.69) is 19.2 Å². The van der Waals surface area contributed by atoms with E-state index in [0.717, 1.165) is 19.3 Å². The molecule has 0 bridgehead atoms. The second-order valence-electron chi connectivity index (χ2n) is 6.04. The molecule has 19 heavy (non-hydrogen) atoms. The number of phenols is 1. The van der Waals surface area contributed by atoms with Gasteiger partial charge in [-0.15, -0.1) is 0 Å². The molecule has 1 saturated carbocycles. The lowest BCUT2D eigenvalue weighted by atomic mass is 9.81. The number of rotatable bonds is 3. The van der Waals surface area contributed by atoms with E-state index in [4.69, 9.17) is 5.73 Å². The van der Waals surface area contributed by atoms with E-state index in [9.17, 15) is 9.90 Å². The third-order valence-electron chi connectivity index (χ3n) is 4.13. The Kier molecular flexibility index (Phi) is 3.69. The van der Waals surface area contributed by atoms with Crippen LogP contribution in [-0.2, 0) is 11.3 Å². The number of aromatic hydroxyl groups is 1. The first-order valence-corrected chi connectivity index (χ1v) is 6.75. The van der Waals surface area contributed by atoms with Gasteiger partial charge in [0.05, 0.1) is 0 Å². The van der Waals surface area contributed by atoms with Gasteiger partial charge in [0.2, 0.25) is 5.91 Å². The molecule has 0 heterocycles. The van der Waals surface area contributed by atoms with Crippen LogP contribution in [-0.4, -0.2) is 11.0 Å². The fourth-order valence-corrected chi connectivity index (χ4v) is 2.87. The number of nitrogens with two attached hydrogens (primary N) is 1. The standard InChI is InChI=1S/C15H22N2O2/c1-15(2)7-3-4-12(15)14(19)17-9-10-8-11(16)5-6-13(10)18/h5-6,8,12,18H,3-4,7,9,16H2,1-2H3,(H,17,19). The molecule has 4 N–H and O–H groups in total. The Morgan fingerprint density at radius 2 is 2.26 bits per heavy atom. The normalized spacial score (nSPS) is 21.3. The van der Waals surface area contributed by atoms with E-state index in [1.165, 1.54) is 0 Å². The number of anilines is 1. The molecular formula is C15H22N2O2. The van der Waals surface area contributed by atoms with E-state index < -0.39 is 0 Å². The van der Waals surface area contributed by atoms with Crippen molar-refractivity contribution in [1.29, 1.82) is 0 Å². The minimum atomic E-state index is 0.0655. The van der Waals surface area contributed by atoms with Gasteiger partial charge in [0.1, 0.15) is 5.75 Å². The lowest BCUT2D eigenvalue weighted by molar-refractivity contribution is -0.127. The first-order valence-electron chi connectivity index (χ1n) is 6.75. The van der Waals surface area contributed by atoms with Gasteiger partial charge in [0.25, 0.3) is 0 Å². The van der Waals surface area contributed by atoms with Crippen molar-refractivity contribution in [2.45, 2.75) is 39.7 Å². The van der Waals surface area contributed by atoms with E-state index >= 15 is 0 Å². The highest BCUT2D eigenvalue weighted by Crippen LogP contribution is 2.42.